The van der Waals surface area contributed by atoms with Crippen LogP contribution in [0.25, 0.3) is 0 Å². The summed E-state index contributed by atoms with van der Waals surface area (Å²) in [6.45, 7) is 1.50. The maximum Gasteiger partial charge on any atom is 0.231 e. The summed E-state index contributed by atoms with van der Waals surface area (Å²) < 4.78 is 20.4. The Morgan fingerprint density at radius 3 is 2.93 bits per heavy atom. The van der Waals surface area contributed by atoms with E-state index in [9.17, 15) is 13.6 Å². The van der Waals surface area contributed by atoms with E-state index in [1.807, 2.05) is 0 Å². The normalized spacial score (nSPS) is 24.2. The Morgan fingerprint density at radius 1 is 1.57 bits per heavy atom. The fourth-order valence-corrected chi connectivity index (χ4v) is 1.81. The van der Waals surface area contributed by atoms with E-state index in [1.54, 1.807) is 0 Å². The van der Waals surface area contributed by atoms with E-state index in [2.05, 4.69) is 10.6 Å². The highest BCUT2D eigenvalue weighted by Gasteiger charge is 2.12. The average molecular weight is 219 g/mol. The van der Waals surface area contributed by atoms with E-state index in [-0.39, 0.29) is 0 Å². The maximum absolute atomic E-state index is 11.0. The van der Waals surface area contributed by atoms with E-state index < -0.39 is 22.7 Å². The molecular formula is C8H15N2O3S-. The number of carbonyl (C=O) groups is 1. The van der Waals surface area contributed by atoms with Gasteiger partial charge < -0.3 is 15.2 Å². The van der Waals surface area contributed by atoms with Crippen molar-refractivity contribution in [2.45, 2.75) is 25.3 Å². The van der Waals surface area contributed by atoms with Crippen molar-refractivity contribution in [3.05, 3.63) is 0 Å². The highest BCUT2D eigenvalue weighted by atomic mass is 32.2. The van der Waals surface area contributed by atoms with Gasteiger partial charge in [-0.1, -0.05) is 6.42 Å². The minimum absolute atomic E-state index is 0.299. The molecule has 0 bridgehead atoms. The van der Waals surface area contributed by atoms with Crippen molar-refractivity contribution < 1.29 is 13.6 Å². The van der Waals surface area contributed by atoms with Crippen molar-refractivity contribution >= 4 is 17.0 Å². The van der Waals surface area contributed by atoms with Crippen LogP contribution in [0.5, 0.6) is 0 Å². The van der Waals surface area contributed by atoms with E-state index in [1.165, 1.54) is 12.8 Å². The largest absolute Gasteiger partial charge is 0.772 e. The summed E-state index contributed by atoms with van der Waals surface area (Å²) in [4.78, 5) is 11.0. The smallest absolute Gasteiger partial charge is 0.231 e. The minimum Gasteiger partial charge on any atom is -0.772 e. The molecule has 1 rings (SSSR count). The molecule has 2 atom stereocenters. The van der Waals surface area contributed by atoms with Crippen LogP contribution in [-0.4, -0.2) is 39.6 Å². The first-order valence-electron chi connectivity index (χ1n) is 4.74. The van der Waals surface area contributed by atoms with Crippen LogP contribution < -0.4 is 10.6 Å². The van der Waals surface area contributed by atoms with Crippen molar-refractivity contribution in [3.8, 4) is 0 Å². The van der Waals surface area contributed by atoms with Gasteiger partial charge in [-0.2, -0.15) is 0 Å². The molecule has 1 aliphatic heterocycles. The molecule has 2 N–H and O–H groups in total. The molecule has 82 valence electrons. The molecule has 0 aliphatic carbocycles. The van der Waals surface area contributed by atoms with Gasteiger partial charge in [0.25, 0.3) is 0 Å². The molecule has 2 unspecified atom stereocenters. The van der Waals surface area contributed by atoms with Crippen LogP contribution >= 0.6 is 0 Å². The second kappa shape index (κ2) is 6.10. The van der Waals surface area contributed by atoms with Gasteiger partial charge in [-0.05, 0) is 30.5 Å². The zero-order chi connectivity index (χ0) is 10.4. The Labute approximate surface area is 85.9 Å². The van der Waals surface area contributed by atoms with Gasteiger partial charge in [0.1, 0.15) is 0 Å². The van der Waals surface area contributed by atoms with Gasteiger partial charge in [0.15, 0.2) is 0 Å². The number of carbonyl (C=O) groups excluding carboxylic acids is 1. The summed E-state index contributed by atoms with van der Waals surface area (Å²) in [5.74, 6) is -0.863. The molecule has 0 saturated carbocycles. The van der Waals surface area contributed by atoms with Crippen LogP contribution in [0.2, 0.25) is 0 Å². The zero-order valence-electron chi connectivity index (χ0n) is 7.95. The second-order valence-electron chi connectivity index (χ2n) is 3.40. The summed E-state index contributed by atoms with van der Waals surface area (Å²) in [6.07, 6.45) is 3.39. The van der Waals surface area contributed by atoms with Crippen molar-refractivity contribution in [2.75, 3.05) is 18.8 Å². The topological polar surface area (TPSA) is 81.3 Å². The van der Waals surface area contributed by atoms with Gasteiger partial charge in [0.05, 0.1) is 5.75 Å². The molecule has 14 heavy (non-hydrogen) atoms. The Kier molecular flexibility index (Phi) is 5.06. The molecule has 1 aliphatic rings. The highest BCUT2D eigenvalue weighted by molar-refractivity contribution is 7.79. The summed E-state index contributed by atoms with van der Waals surface area (Å²) in [6, 6.07) is 0.299. The first kappa shape index (κ1) is 11.6. The number of piperidine rings is 1. The third-order valence-electron chi connectivity index (χ3n) is 2.21. The molecule has 1 fully saturated rings. The SMILES string of the molecule is O=C(CS(=O)[O-])NCC1CCCCN1. The molecule has 1 saturated heterocycles. The first-order chi connectivity index (χ1) is 6.68. The van der Waals surface area contributed by atoms with Crippen molar-refractivity contribution in [1.82, 2.24) is 10.6 Å². The lowest BCUT2D eigenvalue weighted by Crippen LogP contribution is -2.44. The van der Waals surface area contributed by atoms with Crippen LogP contribution in [-0.2, 0) is 15.9 Å². The number of hydrogen-bond acceptors (Lipinski definition) is 4. The predicted molar refractivity (Wildman–Crippen MR) is 52.4 cm³/mol. The fourth-order valence-electron chi connectivity index (χ4n) is 1.49. The molecule has 5 nitrogen and oxygen atoms in total. The van der Waals surface area contributed by atoms with E-state index >= 15 is 0 Å². The molecule has 1 amide bonds. The maximum atomic E-state index is 11.0. The van der Waals surface area contributed by atoms with Crippen LogP contribution in [0.4, 0.5) is 0 Å². The minimum atomic E-state index is -2.28. The third-order valence-corrected chi connectivity index (χ3v) is 2.70. The van der Waals surface area contributed by atoms with Gasteiger partial charge in [0, 0.05) is 12.6 Å². The van der Waals surface area contributed by atoms with Crippen LogP contribution in [0.15, 0.2) is 0 Å². The number of rotatable bonds is 4. The molecular weight excluding hydrogens is 204 g/mol. The van der Waals surface area contributed by atoms with E-state index in [4.69, 9.17) is 0 Å². The lowest BCUT2D eigenvalue weighted by Gasteiger charge is -2.23. The molecule has 0 spiro atoms. The molecule has 1 heterocycles. The zero-order valence-corrected chi connectivity index (χ0v) is 8.77. The molecule has 0 radical (unpaired) electrons. The number of hydrogen-bond donors (Lipinski definition) is 2. The van der Waals surface area contributed by atoms with Gasteiger partial charge >= 0.3 is 0 Å². The van der Waals surface area contributed by atoms with Crippen molar-refractivity contribution in [1.29, 1.82) is 0 Å². The van der Waals surface area contributed by atoms with Crippen LogP contribution in [0, 0.1) is 0 Å². The first-order valence-corrected chi connectivity index (χ1v) is 5.99. The van der Waals surface area contributed by atoms with E-state index in [0.717, 1.165) is 13.0 Å². The summed E-state index contributed by atoms with van der Waals surface area (Å²) in [5, 5.41) is 5.85. The summed E-state index contributed by atoms with van der Waals surface area (Å²) >= 11 is -2.28. The van der Waals surface area contributed by atoms with E-state index in [0.29, 0.717) is 12.6 Å². The van der Waals surface area contributed by atoms with Crippen molar-refractivity contribution in [3.63, 3.8) is 0 Å². The molecule has 6 heteroatoms. The van der Waals surface area contributed by atoms with Gasteiger partial charge in [-0.3, -0.25) is 9.00 Å². The fraction of sp³-hybridized carbons (Fsp3) is 0.875. The lowest BCUT2D eigenvalue weighted by molar-refractivity contribution is -0.118. The highest BCUT2D eigenvalue weighted by Crippen LogP contribution is 2.05. The molecule has 0 aromatic rings. The van der Waals surface area contributed by atoms with Gasteiger partial charge in [0.2, 0.25) is 5.91 Å². The predicted octanol–water partition coefficient (Wildman–Crippen LogP) is -0.876. The average Bonchev–Trinajstić information content (AvgIpc) is 2.15. The van der Waals surface area contributed by atoms with Crippen molar-refractivity contribution in [2.24, 2.45) is 0 Å². The van der Waals surface area contributed by atoms with Gasteiger partial charge in [-0.15, -0.1) is 0 Å². The molecule has 0 aromatic carbocycles. The van der Waals surface area contributed by atoms with Crippen LogP contribution in [0.1, 0.15) is 19.3 Å². The molecule has 0 aromatic heterocycles. The Morgan fingerprint density at radius 2 is 2.36 bits per heavy atom. The third kappa shape index (κ3) is 4.69. The second-order valence-corrected chi connectivity index (χ2v) is 4.30. The summed E-state index contributed by atoms with van der Waals surface area (Å²) in [7, 11) is 0. The Bertz CT molecular complexity index is 217. The summed E-state index contributed by atoms with van der Waals surface area (Å²) in [5.41, 5.74) is 0. The standard InChI is InChI=1S/C8H16N2O3S/c11-8(6-14(12)13)10-5-7-3-1-2-4-9-7/h7,9H,1-6H2,(H,10,11)(H,12,13)/p-1. The van der Waals surface area contributed by atoms with Crippen LogP contribution in [0.3, 0.4) is 0 Å². The number of nitrogens with one attached hydrogen (secondary N) is 2. The van der Waals surface area contributed by atoms with Gasteiger partial charge in [-0.25, -0.2) is 0 Å². The Hall–Kier alpha value is -0.460. The lowest BCUT2D eigenvalue weighted by atomic mass is 10.1. The quantitative estimate of drug-likeness (QED) is 0.602. The number of amides is 1. The Balaban J connectivity index is 2.12. The monoisotopic (exact) mass is 219 g/mol.